The molecule has 0 aliphatic rings. The van der Waals surface area contributed by atoms with Gasteiger partial charge in [-0.1, -0.05) is 72.8 Å². The van der Waals surface area contributed by atoms with Crippen LogP contribution < -0.4 is 11.1 Å². The third-order valence-corrected chi connectivity index (χ3v) is 4.22. The highest BCUT2D eigenvalue weighted by Gasteiger charge is 2.14. The Bertz CT molecular complexity index is 833. The van der Waals surface area contributed by atoms with Gasteiger partial charge in [0.25, 0.3) is 0 Å². The van der Waals surface area contributed by atoms with Gasteiger partial charge in [-0.25, -0.2) is 0 Å². The fraction of sp³-hybridized carbons (Fsp3) is 0.174. The second-order valence-electron chi connectivity index (χ2n) is 6.46. The Morgan fingerprint density at radius 3 is 2.00 bits per heavy atom. The van der Waals surface area contributed by atoms with Gasteiger partial charge in [-0.05, 0) is 35.2 Å². The Morgan fingerprint density at radius 1 is 0.815 bits per heavy atom. The van der Waals surface area contributed by atoms with Crippen LogP contribution in [-0.2, 0) is 22.6 Å². The van der Waals surface area contributed by atoms with E-state index in [4.69, 9.17) is 10.5 Å². The lowest BCUT2D eigenvalue weighted by atomic mass is 10.0. The average molecular weight is 360 g/mol. The number of carbonyl (C=O) groups excluding carboxylic acids is 1. The van der Waals surface area contributed by atoms with E-state index in [-0.39, 0.29) is 12.5 Å². The van der Waals surface area contributed by atoms with Gasteiger partial charge in [0.2, 0.25) is 5.91 Å². The SMILES string of the molecule is NC(COCc1ccccc1)C(=O)Nc1ccc(Cc2ccccc2)cc1. The lowest BCUT2D eigenvalue weighted by molar-refractivity contribution is -0.118. The molecule has 3 aromatic carbocycles. The van der Waals surface area contributed by atoms with Gasteiger partial charge in [-0.2, -0.15) is 0 Å². The monoisotopic (exact) mass is 360 g/mol. The van der Waals surface area contributed by atoms with Crippen LogP contribution in [0.1, 0.15) is 16.7 Å². The van der Waals surface area contributed by atoms with E-state index in [1.165, 1.54) is 11.1 Å². The molecule has 1 atom stereocenters. The van der Waals surface area contributed by atoms with Crippen molar-refractivity contribution < 1.29 is 9.53 Å². The van der Waals surface area contributed by atoms with Crippen LogP contribution in [0.15, 0.2) is 84.9 Å². The molecule has 0 aromatic heterocycles. The second kappa shape index (κ2) is 9.67. The second-order valence-corrected chi connectivity index (χ2v) is 6.46. The molecule has 3 rings (SSSR count). The fourth-order valence-electron chi connectivity index (χ4n) is 2.73. The molecule has 3 aromatic rings. The van der Waals surface area contributed by atoms with Crippen LogP contribution in [0.5, 0.6) is 0 Å². The van der Waals surface area contributed by atoms with Crippen molar-refractivity contribution >= 4 is 11.6 Å². The number of ether oxygens (including phenoxy) is 1. The average Bonchev–Trinajstić information content (AvgIpc) is 2.71. The lowest BCUT2D eigenvalue weighted by Gasteiger charge is -2.13. The number of amides is 1. The van der Waals surface area contributed by atoms with Gasteiger partial charge < -0.3 is 15.8 Å². The first-order valence-electron chi connectivity index (χ1n) is 9.02. The molecule has 0 aliphatic heterocycles. The maximum Gasteiger partial charge on any atom is 0.243 e. The summed E-state index contributed by atoms with van der Waals surface area (Å²) in [4.78, 5) is 12.2. The number of benzene rings is 3. The smallest absolute Gasteiger partial charge is 0.243 e. The van der Waals surface area contributed by atoms with Gasteiger partial charge in [0.05, 0.1) is 13.2 Å². The molecular formula is C23H24N2O2. The molecule has 0 heterocycles. The van der Waals surface area contributed by atoms with Gasteiger partial charge in [-0.15, -0.1) is 0 Å². The van der Waals surface area contributed by atoms with Gasteiger partial charge in [0.15, 0.2) is 0 Å². The van der Waals surface area contributed by atoms with Crippen LogP contribution in [-0.4, -0.2) is 18.6 Å². The molecule has 0 saturated heterocycles. The molecule has 27 heavy (non-hydrogen) atoms. The highest BCUT2D eigenvalue weighted by Crippen LogP contribution is 2.14. The number of hydrogen-bond donors (Lipinski definition) is 2. The summed E-state index contributed by atoms with van der Waals surface area (Å²) in [5.41, 5.74) is 10.2. The first kappa shape index (κ1) is 18.8. The Balaban J connectivity index is 1.45. The van der Waals surface area contributed by atoms with Gasteiger partial charge in [0, 0.05) is 5.69 Å². The number of anilines is 1. The largest absolute Gasteiger partial charge is 0.375 e. The molecule has 0 spiro atoms. The normalized spacial score (nSPS) is 11.7. The summed E-state index contributed by atoms with van der Waals surface area (Å²) in [6.45, 7) is 0.614. The summed E-state index contributed by atoms with van der Waals surface area (Å²) < 4.78 is 5.54. The van der Waals surface area contributed by atoms with Crippen molar-refractivity contribution in [3.05, 3.63) is 102 Å². The first-order valence-corrected chi connectivity index (χ1v) is 9.02. The van der Waals surface area contributed by atoms with Crippen LogP contribution in [0.3, 0.4) is 0 Å². The summed E-state index contributed by atoms with van der Waals surface area (Å²) in [5.74, 6) is -0.251. The van der Waals surface area contributed by atoms with Crippen molar-refractivity contribution in [1.82, 2.24) is 0 Å². The summed E-state index contributed by atoms with van der Waals surface area (Å²) in [5, 5.41) is 2.84. The molecule has 4 heteroatoms. The summed E-state index contributed by atoms with van der Waals surface area (Å²) in [7, 11) is 0. The molecule has 1 amide bonds. The predicted molar refractivity (Wildman–Crippen MR) is 108 cm³/mol. The third-order valence-electron chi connectivity index (χ3n) is 4.22. The number of nitrogens with one attached hydrogen (secondary N) is 1. The Labute approximate surface area is 160 Å². The minimum absolute atomic E-state index is 0.173. The first-order chi connectivity index (χ1) is 13.2. The van der Waals surface area contributed by atoms with Gasteiger partial charge in [0.1, 0.15) is 6.04 Å². The zero-order valence-corrected chi connectivity index (χ0v) is 15.2. The van der Waals surface area contributed by atoms with Gasteiger partial charge in [-0.3, -0.25) is 4.79 Å². The van der Waals surface area contributed by atoms with Crippen molar-refractivity contribution in [2.45, 2.75) is 19.1 Å². The summed E-state index contributed by atoms with van der Waals surface area (Å²) in [6, 6.07) is 27.2. The zero-order chi connectivity index (χ0) is 18.9. The van der Waals surface area contributed by atoms with Crippen LogP contribution in [0.2, 0.25) is 0 Å². The highest BCUT2D eigenvalue weighted by molar-refractivity contribution is 5.94. The van der Waals surface area contributed by atoms with Crippen LogP contribution in [0.4, 0.5) is 5.69 Å². The van der Waals surface area contributed by atoms with Crippen molar-refractivity contribution in [1.29, 1.82) is 0 Å². The van der Waals surface area contributed by atoms with E-state index in [0.29, 0.717) is 6.61 Å². The molecular weight excluding hydrogens is 336 g/mol. The maximum absolute atomic E-state index is 12.2. The van der Waals surface area contributed by atoms with E-state index in [2.05, 4.69) is 17.4 Å². The van der Waals surface area contributed by atoms with Crippen molar-refractivity contribution in [2.24, 2.45) is 5.73 Å². The molecule has 4 nitrogen and oxygen atoms in total. The van der Waals surface area contributed by atoms with E-state index in [1.54, 1.807) is 0 Å². The molecule has 3 N–H and O–H groups in total. The van der Waals surface area contributed by atoms with E-state index in [9.17, 15) is 4.79 Å². The number of nitrogens with two attached hydrogens (primary N) is 1. The van der Waals surface area contributed by atoms with Crippen molar-refractivity contribution in [3.63, 3.8) is 0 Å². The third kappa shape index (κ3) is 6.06. The van der Waals surface area contributed by atoms with Crippen molar-refractivity contribution in [3.8, 4) is 0 Å². The fourth-order valence-corrected chi connectivity index (χ4v) is 2.73. The maximum atomic E-state index is 12.2. The lowest BCUT2D eigenvalue weighted by Crippen LogP contribution is -2.39. The van der Waals surface area contributed by atoms with Crippen molar-refractivity contribution in [2.75, 3.05) is 11.9 Å². The highest BCUT2D eigenvalue weighted by atomic mass is 16.5. The molecule has 0 aliphatic carbocycles. The minimum Gasteiger partial charge on any atom is -0.375 e. The van der Waals surface area contributed by atoms with E-state index >= 15 is 0 Å². The topological polar surface area (TPSA) is 64.3 Å². The number of rotatable bonds is 8. The molecule has 0 fully saturated rings. The standard InChI is InChI=1S/C23H24N2O2/c24-22(17-27-16-20-9-5-2-6-10-20)23(26)25-21-13-11-19(12-14-21)15-18-7-3-1-4-8-18/h1-14,22H,15-17,24H2,(H,25,26). The van der Waals surface area contributed by atoms with Gasteiger partial charge >= 0.3 is 0 Å². The van der Waals surface area contributed by atoms with Crippen LogP contribution in [0.25, 0.3) is 0 Å². The minimum atomic E-state index is -0.710. The summed E-state index contributed by atoms with van der Waals surface area (Å²) in [6.07, 6.45) is 0.863. The Hall–Kier alpha value is -2.95. The molecule has 1 unspecified atom stereocenters. The number of hydrogen-bond acceptors (Lipinski definition) is 3. The predicted octanol–water partition coefficient (Wildman–Crippen LogP) is 3.76. The zero-order valence-electron chi connectivity index (χ0n) is 15.2. The molecule has 0 radical (unpaired) electrons. The van der Waals surface area contributed by atoms with E-state index < -0.39 is 6.04 Å². The van der Waals surface area contributed by atoms with E-state index in [0.717, 1.165) is 17.7 Å². The van der Waals surface area contributed by atoms with Crippen LogP contribution in [0, 0.1) is 0 Å². The Kier molecular flexibility index (Phi) is 6.74. The molecule has 138 valence electrons. The Morgan fingerprint density at radius 2 is 1.37 bits per heavy atom. The number of carbonyl (C=O) groups is 1. The molecule has 0 bridgehead atoms. The summed E-state index contributed by atoms with van der Waals surface area (Å²) >= 11 is 0. The quantitative estimate of drug-likeness (QED) is 0.643. The molecule has 0 saturated carbocycles. The van der Waals surface area contributed by atoms with Crippen LogP contribution >= 0.6 is 0 Å². The van der Waals surface area contributed by atoms with E-state index in [1.807, 2.05) is 72.8 Å².